The van der Waals surface area contributed by atoms with Crippen LogP contribution in [0.1, 0.15) is 51.9 Å². The molecule has 1 saturated carbocycles. The van der Waals surface area contributed by atoms with Gasteiger partial charge in [-0.1, -0.05) is 19.3 Å². The molecular weight excluding hydrogens is 294 g/mol. The van der Waals surface area contributed by atoms with Gasteiger partial charge in [0.25, 0.3) is 0 Å². The van der Waals surface area contributed by atoms with Crippen molar-refractivity contribution in [2.45, 2.75) is 63.0 Å². The van der Waals surface area contributed by atoms with Gasteiger partial charge in [0.15, 0.2) is 0 Å². The average molecular weight is 323 g/mol. The van der Waals surface area contributed by atoms with Crippen molar-refractivity contribution in [3.63, 3.8) is 0 Å². The van der Waals surface area contributed by atoms with Gasteiger partial charge in [-0.15, -0.1) is 0 Å². The number of hydrogen-bond donors (Lipinski definition) is 1. The van der Waals surface area contributed by atoms with E-state index in [0.29, 0.717) is 32.8 Å². The highest BCUT2D eigenvalue weighted by molar-refractivity contribution is 5.86. The summed E-state index contributed by atoms with van der Waals surface area (Å²) < 4.78 is 6.02. The van der Waals surface area contributed by atoms with Crippen LogP contribution in [0.25, 0.3) is 0 Å². The van der Waals surface area contributed by atoms with Gasteiger partial charge in [-0.3, -0.25) is 9.59 Å². The predicted molar refractivity (Wildman–Crippen MR) is 86.8 cm³/mol. The van der Waals surface area contributed by atoms with Gasteiger partial charge < -0.3 is 20.3 Å². The third-order valence-electron chi connectivity index (χ3n) is 5.83. The molecule has 6 nitrogen and oxygen atoms in total. The number of nitrogens with two attached hydrogens (primary N) is 1. The lowest BCUT2D eigenvalue weighted by molar-refractivity contribution is -0.163. The first kappa shape index (κ1) is 16.7. The zero-order chi connectivity index (χ0) is 16.5. The van der Waals surface area contributed by atoms with Crippen LogP contribution in [0, 0.1) is 0 Å². The number of amides is 2. The molecule has 0 radical (unpaired) electrons. The van der Waals surface area contributed by atoms with Gasteiger partial charge in [0.2, 0.25) is 11.8 Å². The van der Waals surface area contributed by atoms with Gasteiger partial charge >= 0.3 is 0 Å². The van der Waals surface area contributed by atoms with Crippen molar-refractivity contribution >= 4 is 11.8 Å². The van der Waals surface area contributed by atoms with Crippen LogP contribution < -0.4 is 5.73 Å². The van der Waals surface area contributed by atoms with Crippen molar-refractivity contribution < 1.29 is 14.3 Å². The lowest BCUT2D eigenvalue weighted by Gasteiger charge is -2.48. The molecule has 2 heterocycles. The SMILES string of the molecule is CC(=O)N1CCOC2(CCN(C(=O)C3(N)CCCCC3)CC2)C1. The second kappa shape index (κ2) is 6.40. The molecule has 2 aliphatic heterocycles. The van der Waals surface area contributed by atoms with Crippen molar-refractivity contribution in [2.75, 3.05) is 32.8 Å². The van der Waals surface area contributed by atoms with Gasteiger partial charge in [-0.05, 0) is 25.7 Å². The minimum Gasteiger partial charge on any atom is -0.371 e. The standard InChI is InChI=1S/C17H29N3O3/c1-14(21)20-11-12-23-16(13-20)7-9-19(10-8-16)15(22)17(18)5-3-2-4-6-17/h2-13,18H2,1H3. The Kier molecular flexibility index (Phi) is 4.65. The van der Waals surface area contributed by atoms with Gasteiger partial charge in [-0.25, -0.2) is 0 Å². The van der Waals surface area contributed by atoms with Crippen molar-refractivity contribution in [2.24, 2.45) is 5.73 Å². The van der Waals surface area contributed by atoms with E-state index in [0.717, 1.165) is 38.5 Å². The first-order valence-corrected chi connectivity index (χ1v) is 8.92. The molecule has 130 valence electrons. The highest BCUT2D eigenvalue weighted by Crippen LogP contribution is 2.33. The summed E-state index contributed by atoms with van der Waals surface area (Å²) in [6, 6.07) is 0. The summed E-state index contributed by atoms with van der Waals surface area (Å²) in [5.74, 6) is 0.223. The molecule has 0 aromatic rings. The predicted octanol–water partition coefficient (Wildman–Crippen LogP) is 0.888. The van der Waals surface area contributed by atoms with E-state index < -0.39 is 5.54 Å². The lowest BCUT2D eigenvalue weighted by atomic mass is 9.80. The van der Waals surface area contributed by atoms with Gasteiger partial charge in [0, 0.05) is 33.1 Å². The molecule has 3 fully saturated rings. The van der Waals surface area contributed by atoms with E-state index in [2.05, 4.69) is 0 Å². The zero-order valence-corrected chi connectivity index (χ0v) is 14.2. The third-order valence-corrected chi connectivity index (χ3v) is 5.83. The summed E-state index contributed by atoms with van der Waals surface area (Å²) >= 11 is 0. The van der Waals surface area contributed by atoms with E-state index >= 15 is 0 Å². The van der Waals surface area contributed by atoms with Crippen molar-refractivity contribution in [3.8, 4) is 0 Å². The highest BCUT2D eigenvalue weighted by Gasteiger charge is 2.44. The molecule has 1 aliphatic carbocycles. The topological polar surface area (TPSA) is 75.9 Å². The van der Waals surface area contributed by atoms with Crippen molar-refractivity contribution in [3.05, 3.63) is 0 Å². The fourth-order valence-corrected chi connectivity index (χ4v) is 4.24. The molecule has 0 atom stereocenters. The van der Waals surface area contributed by atoms with Gasteiger partial charge in [0.1, 0.15) is 0 Å². The lowest BCUT2D eigenvalue weighted by Crippen LogP contribution is -2.62. The largest absolute Gasteiger partial charge is 0.371 e. The summed E-state index contributed by atoms with van der Waals surface area (Å²) in [5.41, 5.74) is 5.47. The molecule has 23 heavy (non-hydrogen) atoms. The number of carbonyl (C=O) groups excluding carboxylic acids is 2. The Labute approximate surface area is 138 Å². The second-order valence-corrected chi connectivity index (χ2v) is 7.48. The number of ether oxygens (including phenoxy) is 1. The monoisotopic (exact) mass is 323 g/mol. The fourth-order valence-electron chi connectivity index (χ4n) is 4.24. The smallest absolute Gasteiger partial charge is 0.242 e. The summed E-state index contributed by atoms with van der Waals surface area (Å²) in [6.45, 7) is 4.89. The number of nitrogens with zero attached hydrogens (tertiary/aromatic N) is 2. The Hall–Kier alpha value is -1.14. The van der Waals surface area contributed by atoms with Crippen LogP contribution >= 0.6 is 0 Å². The Morgan fingerprint density at radius 3 is 2.22 bits per heavy atom. The summed E-state index contributed by atoms with van der Waals surface area (Å²) in [7, 11) is 0. The quantitative estimate of drug-likeness (QED) is 0.777. The fraction of sp³-hybridized carbons (Fsp3) is 0.882. The normalized spacial score (nSPS) is 27.0. The van der Waals surface area contributed by atoms with Crippen LogP contribution in [0.3, 0.4) is 0 Å². The first-order chi connectivity index (χ1) is 10.9. The summed E-state index contributed by atoms with van der Waals surface area (Å²) in [6.07, 6.45) is 6.48. The van der Waals surface area contributed by atoms with Crippen LogP contribution in [0.15, 0.2) is 0 Å². The average Bonchev–Trinajstić information content (AvgIpc) is 2.56. The molecule has 2 saturated heterocycles. The van der Waals surface area contributed by atoms with Crippen LogP contribution in [0.5, 0.6) is 0 Å². The van der Waals surface area contributed by atoms with Gasteiger partial charge in [-0.2, -0.15) is 0 Å². The maximum Gasteiger partial charge on any atom is 0.242 e. The van der Waals surface area contributed by atoms with E-state index in [4.69, 9.17) is 10.5 Å². The maximum absolute atomic E-state index is 12.8. The van der Waals surface area contributed by atoms with E-state index in [1.807, 2.05) is 9.80 Å². The Morgan fingerprint density at radius 2 is 1.61 bits per heavy atom. The van der Waals surface area contributed by atoms with E-state index in [1.165, 1.54) is 6.42 Å². The van der Waals surface area contributed by atoms with Gasteiger partial charge in [0.05, 0.1) is 17.7 Å². The van der Waals surface area contributed by atoms with Crippen molar-refractivity contribution in [1.29, 1.82) is 0 Å². The molecule has 3 rings (SSSR count). The molecule has 0 aromatic carbocycles. The molecule has 0 bridgehead atoms. The number of carbonyl (C=O) groups is 2. The van der Waals surface area contributed by atoms with Crippen LogP contribution in [-0.4, -0.2) is 65.5 Å². The number of likely N-dealkylation sites (tertiary alicyclic amines) is 1. The third kappa shape index (κ3) is 3.38. The Morgan fingerprint density at radius 1 is 0.957 bits per heavy atom. The van der Waals surface area contributed by atoms with E-state index in [9.17, 15) is 9.59 Å². The van der Waals surface area contributed by atoms with Crippen LogP contribution in [0.2, 0.25) is 0 Å². The summed E-state index contributed by atoms with van der Waals surface area (Å²) in [4.78, 5) is 28.2. The van der Waals surface area contributed by atoms with Crippen molar-refractivity contribution in [1.82, 2.24) is 9.80 Å². The van der Waals surface area contributed by atoms with E-state index in [-0.39, 0.29) is 17.4 Å². The Balaban J connectivity index is 1.59. The molecule has 3 aliphatic rings. The molecule has 0 unspecified atom stereocenters. The highest BCUT2D eigenvalue weighted by atomic mass is 16.5. The minimum atomic E-state index is -0.651. The van der Waals surface area contributed by atoms with E-state index in [1.54, 1.807) is 6.92 Å². The molecule has 2 amide bonds. The van der Waals surface area contributed by atoms with Crippen LogP contribution in [-0.2, 0) is 14.3 Å². The number of rotatable bonds is 1. The first-order valence-electron chi connectivity index (χ1n) is 8.92. The number of piperidine rings is 1. The molecular formula is C17H29N3O3. The molecule has 2 N–H and O–H groups in total. The summed E-state index contributed by atoms with van der Waals surface area (Å²) in [5, 5.41) is 0. The zero-order valence-electron chi connectivity index (χ0n) is 14.2. The molecule has 6 heteroatoms. The number of hydrogen-bond acceptors (Lipinski definition) is 4. The van der Waals surface area contributed by atoms with Crippen LogP contribution in [0.4, 0.5) is 0 Å². The maximum atomic E-state index is 12.8. The molecule has 0 aromatic heterocycles. The number of morpholine rings is 1. The minimum absolute atomic E-state index is 0.106. The molecule has 1 spiro atoms. The second-order valence-electron chi connectivity index (χ2n) is 7.48. The Bertz CT molecular complexity index is 466.